The SMILES string of the molecule is COc1ccc2c3c1O[C@@H]1C(P)CCC4[C@H](C2)N(C(C)Cc2ccccc2)CC[C@]341. The molecule has 6 rings (SSSR count). The summed E-state index contributed by atoms with van der Waals surface area (Å²) >= 11 is 0. The van der Waals surface area contributed by atoms with Crippen LogP contribution in [0.1, 0.15) is 42.9 Å². The lowest BCUT2D eigenvalue weighted by Gasteiger charge is -2.60. The molecule has 2 aromatic carbocycles. The van der Waals surface area contributed by atoms with Crippen LogP contribution < -0.4 is 9.47 Å². The Labute approximate surface area is 182 Å². The standard InChI is InChI=1S/C26H32NO2P/c1-16(14-17-6-4-3-5-7-17)27-13-12-26-19-9-11-22(30)25(26)29-24-21(28-2)10-8-18(23(24)26)15-20(19)27/h3-8,10,16,19-20,22,25H,9,11-15,30H2,1-2H3/t16?,19?,20-,22?,25+,26+/m0/s1. The molecule has 2 fully saturated rings. The molecule has 1 saturated heterocycles. The van der Waals surface area contributed by atoms with E-state index >= 15 is 0 Å². The Bertz CT molecular complexity index is 963. The number of methoxy groups -OCH3 is 1. The summed E-state index contributed by atoms with van der Waals surface area (Å²) in [4.78, 5) is 2.84. The van der Waals surface area contributed by atoms with Gasteiger partial charge in [-0.2, -0.15) is 0 Å². The van der Waals surface area contributed by atoms with Crippen molar-refractivity contribution in [1.29, 1.82) is 0 Å². The van der Waals surface area contributed by atoms with Gasteiger partial charge in [-0.3, -0.25) is 4.90 Å². The predicted octanol–water partition coefficient (Wildman–Crippen LogP) is 4.61. The van der Waals surface area contributed by atoms with Crippen molar-refractivity contribution in [3.63, 3.8) is 0 Å². The van der Waals surface area contributed by atoms with Crippen LogP contribution in [0, 0.1) is 5.92 Å². The highest BCUT2D eigenvalue weighted by molar-refractivity contribution is 7.17. The van der Waals surface area contributed by atoms with E-state index in [9.17, 15) is 0 Å². The van der Waals surface area contributed by atoms with E-state index in [0.717, 1.165) is 24.3 Å². The molecule has 2 bridgehead atoms. The maximum Gasteiger partial charge on any atom is 0.165 e. The van der Waals surface area contributed by atoms with Gasteiger partial charge in [0.2, 0.25) is 0 Å². The van der Waals surface area contributed by atoms with Gasteiger partial charge in [0.05, 0.1) is 7.11 Å². The molecule has 0 radical (unpaired) electrons. The molecule has 0 N–H and O–H groups in total. The average molecular weight is 422 g/mol. The molecule has 4 unspecified atom stereocenters. The molecular weight excluding hydrogens is 389 g/mol. The van der Waals surface area contributed by atoms with Gasteiger partial charge in [0.15, 0.2) is 11.5 Å². The summed E-state index contributed by atoms with van der Waals surface area (Å²) in [7, 11) is 4.89. The van der Waals surface area contributed by atoms with E-state index in [-0.39, 0.29) is 11.5 Å². The summed E-state index contributed by atoms with van der Waals surface area (Å²) in [5.41, 5.74) is 5.17. The Morgan fingerprint density at radius 1 is 1.20 bits per heavy atom. The highest BCUT2D eigenvalue weighted by Crippen LogP contribution is 2.64. The second-order valence-corrected chi connectivity index (χ2v) is 10.7. The highest BCUT2D eigenvalue weighted by atomic mass is 31.0. The number of nitrogens with zero attached hydrogens (tertiary/aromatic N) is 1. The average Bonchev–Trinajstić information content (AvgIpc) is 3.10. The van der Waals surface area contributed by atoms with Crippen molar-refractivity contribution < 1.29 is 9.47 Å². The normalized spacial score (nSPS) is 34.8. The molecule has 0 amide bonds. The van der Waals surface area contributed by atoms with E-state index < -0.39 is 0 Å². The fraction of sp³-hybridized carbons (Fsp3) is 0.538. The molecule has 3 nitrogen and oxygen atoms in total. The Morgan fingerprint density at radius 2 is 2.03 bits per heavy atom. The molecule has 1 saturated carbocycles. The van der Waals surface area contributed by atoms with E-state index in [1.165, 1.54) is 42.5 Å². The lowest BCUT2D eigenvalue weighted by Crippen LogP contribution is -2.67. The first-order valence-electron chi connectivity index (χ1n) is 11.6. The van der Waals surface area contributed by atoms with Crippen LogP contribution in [0.25, 0.3) is 0 Å². The van der Waals surface area contributed by atoms with E-state index in [0.29, 0.717) is 23.7 Å². The summed E-state index contributed by atoms with van der Waals surface area (Å²) in [6.07, 6.45) is 6.31. The summed E-state index contributed by atoms with van der Waals surface area (Å²) in [5.74, 6) is 2.67. The zero-order chi connectivity index (χ0) is 20.5. The summed E-state index contributed by atoms with van der Waals surface area (Å²) in [6.45, 7) is 3.60. The maximum absolute atomic E-state index is 6.74. The van der Waals surface area contributed by atoms with Crippen LogP contribution in [0.5, 0.6) is 11.5 Å². The van der Waals surface area contributed by atoms with Crippen LogP contribution in [0.15, 0.2) is 42.5 Å². The molecule has 1 spiro atoms. The number of rotatable bonds is 4. The number of hydrogen-bond acceptors (Lipinski definition) is 3. The van der Waals surface area contributed by atoms with E-state index in [2.05, 4.69) is 63.5 Å². The van der Waals surface area contributed by atoms with E-state index in [4.69, 9.17) is 9.47 Å². The van der Waals surface area contributed by atoms with Gasteiger partial charge in [-0.1, -0.05) is 36.4 Å². The summed E-state index contributed by atoms with van der Waals surface area (Å²) < 4.78 is 12.5. The Balaban J connectivity index is 1.41. The van der Waals surface area contributed by atoms with Gasteiger partial charge in [0.25, 0.3) is 0 Å². The minimum atomic E-state index is 0.176. The molecule has 7 atom stereocenters. The van der Waals surface area contributed by atoms with Crippen molar-refractivity contribution in [2.24, 2.45) is 5.92 Å². The first-order valence-corrected chi connectivity index (χ1v) is 12.2. The van der Waals surface area contributed by atoms with Crippen molar-refractivity contribution in [3.8, 4) is 11.5 Å². The lowest BCUT2D eigenvalue weighted by molar-refractivity contribution is -0.0617. The van der Waals surface area contributed by atoms with E-state index in [1.807, 2.05) is 0 Å². The third-order valence-corrected chi connectivity index (χ3v) is 9.23. The van der Waals surface area contributed by atoms with Crippen LogP contribution in [0.4, 0.5) is 0 Å². The minimum absolute atomic E-state index is 0.176. The van der Waals surface area contributed by atoms with Crippen molar-refractivity contribution in [1.82, 2.24) is 4.90 Å². The zero-order valence-electron chi connectivity index (χ0n) is 18.0. The molecule has 2 aromatic rings. The topological polar surface area (TPSA) is 21.7 Å². The van der Waals surface area contributed by atoms with Gasteiger partial charge in [0, 0.05) is 28.7 Å². The third-order valence-electron chi connectivity index (χ3n) is 8.55. The fourth-order valence-corrected chi connectivity index (χ4v) is 8.00. The van der Waals surface area contributed by atoms with Gasteiger partial charge in [0.1, 0.15) is 6.10 Å². The molecule has 2 heterocycles. The number of likely N-dealkylation sites (tertiary alicyclic amines) is 1. The first kappa shape index (κ1) is 19.1. The minimum Gasteiger partial charge on any atom is -0.493 e. The zero-order valence-corrected chi connectivity index (χ0v) is 19.2. The molecule has 2 aliphatic carbocycles. The highest BCUT2D eigenvalue weighted by Gasteiger charge is 2.65. The van der Waals surface area contributed by atoms with Crippen LogP contribution in [-0.2, 0) is 18.3 Å². The number of hydrogen-bond donors (Lipinski definition) is 0. The predicted molar refractivity (Wildman–Crippen MR) is 124 cm³/mol. The van der Waals surface area contributed by atoms with Crippen LogP contribution in [0.2, 0.25) is 0 Å². The smallest absolute Gasteiger partial charge is 0.165 e. The van der Waals surface area contributed by atoms with Crippen molar-refractivity contribution in [2.45, 2.75) is 68.3 Å². The molecular formula is C26H32NO2P. The van der Waals surface area contributed by atoms with E-state index in [1.54, 1.807) is 7.11 Å². The Morgan fingerprint density at radius 3 is 2.83 bits per heavy atom. The molecule has 0 aromatic heterocycles. The van der Waals surface area contributed by atoms with Crippen LogP contribution in [-0.4, -0.2) is 42.4 Å². The van der Waals surface area contributed by atoms with Gasteiger partial charge in [-0.15, -0.1) is 9.24 Å². The van der Waals surface area contributed by atoms with Gasteiger partial charge in [-0.25, -0.2) is 0 Å². The Hall–Kier alpha value is -1.57. The summed E-state index contributed by atoms with van der Waals surface area (Å²) in [6, 6.07) is 16.6. The monoisotopic (exact) mass is 421 g/mol. The fourth-order valence-electron chi connectivity index (χ4n) is 7.39. The molecule has 30 heavy (non-hydrogen) atoms. The molecule has 2 aliphatic heterocycles. The van der Waals surface area contributed by atoms with Crippen molar-refractivity contribution in [3.05, 3.63) is 59.2 Å². The maximum atomic E-state index is 6.74. The number of benzene rings is 2. The van der Waals surface area contributed by atoms with Gasteiger partial charge < -0.3 is 9.47 Å². The lowest BCUT2D eigenvalue weighted by atomic mass is 9.51. The molecule has 158 valence electrons. The third kappa shape index (κ3) is 2.52. The quantitative estimate of drug-likeness (QED) is 0.673. The second kappa shape index (κ2) is 6.97. The van der Waals surface area contributed by atoms with Gasteiger partial charge in [-0.05, 0) is 68.7 Å². The largest absolute Gasteiger partial charge is 0.493 e. The second-order valence-electron chi connectivity index (χ2n) is 9.86. The molecule has 4 aliphatic rings. The van der Waals surface area contributed by atoms with Crippen LogP contribution >= 0.6 is 9.24 Å². The van der Waals surface area contributed by atoms with Gasteiger partial charge >= 0.3 is 0 Å². The number of ether oxygens (including phenoxy) is 2. The number of piperidine rings is 1. The van der Waals surface area contributed by atoms with Crippen LogP contribution in [0.3, 0.4) is 0 Å². The van der Waals surface area contributed by atoms with Crippen molar-refractivity contribution in [2.75, 3.05) is 13.7 Å². The van der Waals surface area contributed by atoms with Crippen molar-refractivity contribution >= 4 is 9.24 Å². The summed E-state index contributed by atoms with van der Waals surface area (Å²) in [5, 5.41) is 0. The first-order chi connectivity index (χ1) is 14.6. The molecule has 4 heteroatoms. The Kier molecular flexibility index (Phi) is 4.45.